The van der Waals surface area contributed by atoms with Gasteiger partial charge in [0.1, 0.15) is 6.61 Å². The summed E-state index contributed by atoms with van der Waals surface area (Å²) in [7, 11) is 0. The Hall–Kier alpha value is -1.55. The first-order chi connectivity index (χ1) is 8.34. The minimum absolute atomic E-state index is 0.0310. The Balaban J connectivity index is 1.64. The second kappa shape index (κ2) is 4.37. The summed E-state index contributed by atoms with van der Waals surface area (Å²) in [6, 6.07) is 10.2. The standard InChI is InChI=1S/C13H16N2O2/c16-13-14-8-4-7-12(9-14)15(13)17-10-11-5-2-1-3-6-11/h1-3,5-6,12H,4,7-10H2. The zero-order chi connectivity index (χ0) is 11.7. The van der Waals surface area contributed by atoms with Crippen LogP contribution >= 0.6 is 0 Å². The summed E-state index contributed by atoms with van der Waals surface area (Å²) in [6.45, 7) is 2.17. The maximum Gasteiger partial charge on any atom is 0.344 e. The predicted molar refractivity (Wildman–Crippen MR) is 63.1 cm³/mol. The normalized spacial score (nSPS) is 23.3. The molecule has 2 bridgehead atoms. The molecular formula is C13H16N2O2. The van der Waals surface area contributed by atoms with Crippen LogP contribution < -0.4 is 0 Å². The van der Waals surface area contributed by atoms with Crippen LogP contribution in [-0.2, 0) is 11.4 Å². The van der Waals surface area contributed by atoms with E-state index in [2.05, 4.69) is 0 Å². The molecule has 1 aromatic rings. The molecule has 0 aromatic heterocycles. The van der Waals surface area contributed by atoms with E-state index in [1.165, 1.54) is 0 Å². The van der Waals surface area contributed by atoms with Crippen molar-refractivity contribution in [2.75, 3.05) is 13.1 Å². The van der Waals surface area contributed by atoms with Gasteiger partial charge in [-0.15, -0.1) is 0 Å². The Morgan fingerprint density at radius 3 is 2.88 bits per heavy atom. The van der Waals surface area contributed by atoms with E-state index >= 15 is 0 Å². The molecule has 90 valence electrons. The van der Waals surface area contributed by atoms with Crippen molar-refractivity contribution < 1.29 is 9.63 Å². The summed E-state index contributed by atoms with van der Waals surface area (Å²) in [5.74, 6) is 0. The number of fused-ring (bicyclic) bond motifs is 2. The third-order valence-electron chi connectivity index (χ3n) is 3.40. The van der Waals surface area contributed by atoms with Gasteiger partial charge in [0.25, 0.3) is 0 Å². The van der Waals surface area contributed by atoms with E-state index < -0.39 is 0 Å². The lowest BCUT2D eigenvalue weighted by molar-refractivity contribution is -0.140. The van der Waals surface area contributed by atoms with Gasteiger partial charge in [0.15, 0.2) is 0 Å². The molecular weight excluding hydrogens is 216 g/mol. The summed E-state index contributed by atoms with van der Waals surface area (Å²) in [4.78, 5) is 19.5. The number of benzene rings is 1. The molecule has 0 spiro atoms. The van der Waals surface area contributed by atoms with Gasteiger partial charge in [-0.25, -0.2) is 4.79 Å². The van der Waals surface area contributed by atoms with Gasteiger partial charge < -0.3 is 4.90 Å². The van der Waals surface area contributed by atoms with Crippen LogP contribution in [-0.4, -0.2) is 35.1 Å². The number of carbonyl (C=O) groups is 1. The van der Waals surface area contributed by atoms with Gasteiger partial charge in [0.2, 0.25) is 0 Å². The van der Waals surface area contributed by atoms with Crippen molar-refractivity contribution in [2.45, 2.75) is 25.5 Å². The predicted octanol–water partition coefficient (Wildman–Crippen LogP) is 2.02. The van der Waals surface area contributed by atoms with Crippen molar-refractivity contribution >= 4 is 6.03 Å². The summed E-state index contributed by atoms with van der Waals surface area (Å²) >= 11 is 0. The van der Waals surface area contributed by atoms with Gasteiger partial charge in [-0.3, -0.25) is 4.84 Å². The molecule has 2 aliphatic heterocycles. The van der Waals surface area contributed by atoms with Crippen molar-refractivity contribution in [3.63, 3.8) is 0 Å². The number of amides is 2. The number of nitrogens with zero attached hydrogens (tertiary/aromatic N) is 2. The molecule has 1 atom stereocenters. The van der Waals surface area contributed by atoms with Gasteiger partial charge >= 0.3 is 6.03 Å². The molecule has 0 aliphatic carbocycles. The Labute approximate surface area is 101 Å². The maximum atomic E-state index is 11.9. The minimum atomic E-state index is 0.0310. The molecule has 3 rings (SSSR count). The van der Waals surface area contributed by atoms with Gasteiger partial charge in [-0.05, 0) is 18.4 Å². The molecule has 17 heavy (non-hydrogen) atoms. The first kappa shape index (κ1) is 10.6. The Kier molecular flexibility index (Phi) is 2.73. The number of hydroxylamine groups is 2. The fourth-order valence-corrected chi connectivity index (χ4v) is 2.49. The van der Waals surface area contributed by atoms with Crippen LogP contribution in [0.1, 0.15) is 18.4 Å². The fourth-order valence-electron chi connectivity index (χ4n) is 2.49. The van der Waals surface area contributed by atoms with Crippen LogP contribution in [0.3, 0.4) is 0 Å². The molecule has 2 amide bonds. The van der Waals surface area contributed by atoms with Crippen LogP contribution in [0.2, 0.25) is 0 Å². The number of rotatable bonds is 3. The topological polar surface area (TPSA) is 32.8 Å². The molecule has 1 unspecified atom stereocenters. The molecule has 2 heterocycles. The van der Waals surface area contributed by atoms with Crippen molar-refractivity contribution in [3.8, 4) is 0 Å². The molecule has 4 heteroatoms. The van der Waals surface area contributed by atoms with Crippen LogP contribution in [0.25, 0.3) is 0 Å². The highest BCUT2D eigenvalue weighted by atomic mass is 16.7. The quantitative estimate of drug-likeness (QED) is 0.798. The molecule has 2 saturated heterocycles. The average molecular weight is 232 g/mol. The van der Waals surface area contributed by atoms with Gasteiger partial charge in [0, 0.05) is 13.1 Å². The van der Waals surface area contributed by atoms with Crippen molar-refractivity contribution in [3.05, 3.63) is 35.9 Å². The summed E-state index contributed by atoms with van der Waals surface area (Å²) in [5, 5.41) is 1.57. The number of hydrogen-bond donors (Lipinski definition) is 0. The summed E-state index contributed by atoms with van der Waals surface area (Å²) < 4.78 is 0. The van der Waals surface area contributed by atoms with E-state index in [0.29, 0.717) is 6.61 Å². The van der Waals surface area contributed by atoms with E-state index in [0.717, 1.165) is 31.5 Å². The minimum Gasteiger partial charge on any atom is -0.321 e. The SMILES string of the molecule is O=C1N2CCCC(C2)N1OCc1ccccc1. The lowest BCUT2D eigenvalue weighted by Crippen LogP contribution is -2.33. The number of piperidine rings is 1. The number of carbonyl (C=O) groups excluding carboxylic acids is 1. The highest BCUT2D eigenvalue weighted by Crippen LogP contribution is 2.25. The van der Waals surface area contributed by atoms with E-state index in [1.807, 2.05) is 35.2 Å². The van der Waals surface area contributed by atoms with Gasteiger partial charge in [-0.2, -0.15) is 5.06 Å². The summed E-state index contributed by atoms with van der Waals surface area (Å²) in [6.07, 6.45) is 2.14. The summed E-state index contributed by atoms with van der Waals surface area (Å²) in [5.41, 5.74) is 1.09. The van der Waals surface area contributed by atoms with Crippen molar-refractivity contribution in [2.24, 2.45) is 0 Å². The largest absolute Gasteiger partial charge is 0.344 e. The lowest BCUT2D eigenvalue weighted by atomic mass is 10.1. The van der Waals surface area contributed by atoms with Crippen LogP contribution in [0.4, 0.5) is 4.79 Å². The Morgan fingerprint density at radius 1 is 1.29 bits per heavy atom. The monoisotopic (exact) mass is 232 g/mol. The molecule has 2 fully saturated rings. The first-order valence-electron chi connectivity index (χ1n) is 6.09. The molecule has 0 saturated carbocycles. The molecule has 0 radical (unpaired) electrons. The van der Waals surface area contributed by atoms with Crippen LogP contribution in [0, 0.1) is 0 Å². The zero-order valence-electron chi connectivity index (χ0n) is 9.71. The van der Waals surface area contributed by atoms with Crippen molar-refractivity contribution in [1.82, 2.24) is 9.96 Å². The average Bonchev–Trinajstić information content (AvgIpc) is 2.60. The van der Waals surface area contributed by atoms with E-state index in [-0.39, 0.29) is 12.1 Å². The van der Waals surface area contributed by atoms with Crippen LogP contribution in [0.5, 0.6) is 0 Å². The number of urea groups is 1. The molecule has 4 nitrogen and oxygen atoms in total. The fraction of sp³-hybridized carbons (Fsp3) is 0.462. The second-order valence-electron chi connectivity index (χ2n) is 4.61. The van der Waals surface area contributed by atoms with Crippen LogP contribution in [0.15, 0.2) is 30.3 Å². The number of hydrogen-bond acceptors (Lipinski definition) is 2. The zero-order valence-corrected chi connectivity index (χ0v) is 9.71. The van der Waals surface area contributed by atoms with Gasteiger partial charge in [0.05, 0.1) is 6.04 Å². The van der Waals surface area contributed by atoms with Crippen molar-refractivity contribution in [1.29, 1.82) is 0 Å². The Morgan fingerprint density at radius 2 is 2.12 bits per heavy atom. The maximum absolute atomic E-state index is 11.9. The van der Waals surface area contributed by atoms with E-state index in [1.54, 1.807) is 5.06 Å². The molecule has 2 aliphatic rings. The third kappa shape index (κ3) is 2.00. The highest BCUT2D eigenvalue weighted by molar-refractivity contribution is 5.76. The molecule has 1 aromatic carbocycles. The highest BCUT2D eigenvalue weighted by Gasteiger charge is 2.40. The smallest absolute Gasteiger partial charge is 0.321 e. The molecule has 0 N–H and O–H groups in total. The van der Waals surface area contributed by atoms with E-state index in [4.69, 9.17) is 4.84 Å². The third-order valence-corrected chi connectivity index (χ3v) is 3.40. The van der Waals surface area contributed by atoms with Gasteiger partial charge in [-0.1, -0.05) is 30.3 Å². The lowest BCUT2D eigenvalue weighted by Gasteiger charge is -2.22. The van der Waals surface area contributed by atoms with E-state index in [9.17, 15) is 4.79 Å². The second-order valence-corrected chi connectivity index (χ2v) is 4.61. The first-order valence-corrected chi connectivity index (χ1v) is 6.09. The Bertz CT molecular complexity index is 407.